The standard InChI is InChI=1S/C19H21N5O2/c1-4-5-8-24-16-10-14-13(9-12(16)19(2,3)26-18(24)25)22-17(23-14)15-11-20-6-7-21-15/h6-7,9-11H,4-5,8H2,1-3H3,(H,22,23). The molecule has 4 rings (SSSR count). The first-order chi connectivity index (χ1) is 12.5. The summed E-state index contributed by atoms with van der Waals surface area (Å²) in [5.41, 5.74) is 3.49. The van der Waals surface area contributed by atoms with Crippen molar-refractivity contribution in [3.8, 4) is 11.5 Å². The topological polar surface area (TPSA) is 84.0 Å². The molecule has 26 heavy (non-hydrogen) atoms. The van der Waals surface area contributed by atoms with Crippen LogP contribution in [-0.4, -0.2) is 32.6 Å². The summed E-state index contributed by atoms with van der Waals surface area (Å²) in [5.74, 6) is 0.653. The number of fused-ring (bicyclic) bond motifs is 2. The molecule has 134 valence electrons. The highest BCUT2D eigenvalue weighted by molar-refractivity contribution is 5.95. The zero-order valence-corrected chi connectivity index (χ0v) is 15.1. The number of carbonyl (C=O) groups excluding carboxylic acids is 1. The van der Waals surface area contributed by atoms with Crippen molar-refractivity contribution in [2.75, 3.05) is 11.4 Å². The van der Waals surface area contributed by atoms with Gasteiger partial charge in [-0.2, -0.15) is 0 Å². The Labute approximate surface area is 151 Å². The van der Waals surface area contributed by atoms with Gasteiger partial charge in [0.25, 0.3) is 0 Å². The van der Waals surface area contributed by atoms with E-state index in [1.807, 2.05) is 26.0 Å². The zero-order chi connectivity index (χ0) is 18.3. The number of ether oxygens (including phenoxy) is 1. The molecule has 2 aromatic heterocycles. The van der Waals surface area contributed by atoms with E-state index in [4.69, 9.17) is 4.74 Å². The van der Waals surface area contributed by atoms with Crippen molar-refractivity contribution in [1.82, 2.24) is 19.9 Å². The second-order valence-electron chi connectivity index (χ2n) is 6.95. The van der Waals surface area contributed by atoms with Gasteiger partial charge in [-0.3, -0.25) is 9.88 Å². The van der Waals surface area contributed by atoms with Crippen LogP contribution >= 0.6 is 0 Å². The number of nitrogens with one attached hydrogen (secondary N) is 1. The van der Waals surface area contributed by atoms with Crippen LogP contribution in [0, 0.1) is 0 Å². The first-order valence-electron chi connectivity index (χ1n) is 8.81. The van der Waals surface area contributed by atoms with Crippen molar-refractivity contribution in [2.45, 2.75) is 39.2 Å². The number of nitrogens with zero attached hydrogens (tertiary/aromatic N) is 4. The number of carbonyl (C=O) groups is 1. The number of benzene rings is 1. The summed E-state index contributed by atoms with van der Waals surface area (Å²) >= 11 is 0. The number of hydrogen-bond acceptors (Lipinski definition) is 5. The van der Waals surface area contributed by atoms with E-state index in [2.05, 4.69) is 26.9 Å². The maximum absolute atomic E-state index is 12.5. The fraction of sp³-hybridized carbons (Fsp3) is 0.368. The molecule has 1 aliphatic rings. The molecular weight excluding hydrogens is 330 g/mol. The first kappa shape index (κ1) is 16.5. The number of anilines is 1. The van der Waals surface area contributed by atoms with Crippen molar-refractivity contribution in [1.29, 1.82) is 0 Å². The Balaban J connectivity index is 1.86. The maximum atomic E-state index is 12.5. The fourth-order valence-electron chi connectivity index (χ4n) is 3.25. The molecule has 1 amide bonds. The summed E-state index contributed by atoms with van der Waals surface area (Å²) in [5, 5.41) is 0. The van der Waals surface area contributed by atoms with Crippen molar-refractivity contribution in [3.05, 3.63) is 36.3 Å². The molecule has 0 fully saturated rings. The first-order valence-corrected chi connectivity index (χ1v) is 8.81. The Morgan fingerprint density at radius 2 is 2.12 bits per heavy atom. The highest BCUT2D eigenvalue weighted by Gasteiger charge is 2.38. The van der Waals surface area contributed by atoms with Gasteiger partial charge >= 0.3 is 6.09 Å². The summed E-state index contributed by atoms with van der Waals surface area (Å²) < 4.78 is 5.68. The Bertz CT molecular complexity index is 965. The van der Waals surface area contributed by atoms with Crippen LogP contribution in [0.3, 0.4) is 0 Å². The Hall–Kier alpha value is -2.96. The third-order valence-corrected chi connectivity index (χ3v) is 4.64. The molecule has 0 spiro atoms. The molecule has 3 aromatic rings. The summed E-state index contributed by atoms with van der Waals surface area (Å²) in [6.45, 7) is 6.55. The van der Waals surface area contributed by atoms with Gasteiger partial charge in [0, 0.05) is 24.5 Å². The van der Waals surface area contributed by atoms with Crippen LogP contribution in [0.25, 0.3) is 22.6 Å². The molecule has 3 heterocycles. The molecule has 7 nitrogen and oxygen atoms in total. The van der Waals surface area contributed by atoms with E-state index in [9.17, 15) is 4.79 Å². The largest absolute Gasteiger partial charge is 0.438 e. The van der Waals surface area contributed by atoms with Crippen LogP contribution in [0.1, 0.15) is 39.2 Å². The summed E-state index contributed by atoms with van der Waals surface area (Å²) in [4.78, 5) is 30.5. The number of rotatable bonds is 4. The molecule has 1 aliphatic heterocycles. The fourth-order valence-corrected chi connectivity index (χ4v) is 3.25. The number of aromatic nitrogens is 4. The lowest BCUT2D eigenvalue weighted by Gasteiger charge is -2.38. The third kappa shape index (κ3) is 2.69. The molecule has 0 saturated heterocycles. The SMILES string of the molecule is CCCCN1C(=O)OC(C)(C)c2cc3[nH]c(-c4cnccn4)nc3cc21. The van der Waals surface area contributed by atoms with Gasteiger partial charge in [-0.05, 0) is 32.4 Å². The van der Waals surface area contributed by atoms with Crippen LogP contribution in [0.4, 0.5) is 10.5 Å². The molecule has 0 atom stereocenters. The lowest BCUT2D eigenvalue weighted by Crippen LogP contribution is -2.43. The molecule has 0 aliphatic carbocycles. The van der Waals surface area contributed by atoms with Gasteiger partial charge < -0.3 is 9.72 Å². The number of unbranched alkanes of at least 4 members (excludes halogenated alkanes) is 1. The third-order valence-electron chi connectivity index (χ3n) is 4.64. The zero-order valence-electron chi connectivity index (χ0n) is 15.1. The van der Waals surface area contributed by atoms with Gasteiger partial charge in [0.15, 0.2) is 5.82 Å². The minimum Gasteiger partial charge on any atom is -0.438 e. The molecule has 1 aromatic carbocycles. The van der Waals surface area contributed by atoms with Crippen molar-refractivity contribution in [3.63, 3.8) is 0 Å². The van der Waals surface area contributed by atoms with Gasteiger partial charge in [-0.15, -0.1) is 0 Å². The van der Waals surface area contributed by atoms with Gasteiger partial charge in [0.05, 0.1) is 22.9 Å². The second-order valence-corrected chi connectivity index (χ2v) is 6.95. The number of aromatic amines is 1. The normalized spacial score (nSPS) is 15.8. The Morgan fingerprint density at radius 3 is 2.85 bits per heavy atom. The van der Waals surface area contributed by atoms with Crippen LogP contribution in [0.15, 0.2) is 30.7 Å². The van der Waals surface area contributed by atoms with Gasteiger partial charge in [-0.25, -0.2) is 14.8 Å². The lowest BCUT2D eigenvalue weighted by atomic mass is 9.93. The quantitative estimate of drug-likeness (QED) is 0.768. The minimum atomic E-state index is -0.693. The lowest BCUT2D eigenvalue weighted by molar-refractivity contribution is 0.0351. The van der Waals surface area contributed by atoms with Crippen LogP contribution in [-0.2, 0) is 10.3 Å². The summed E-state index contributed by atoms with van der Waals surface area (Å²) in [6.07, 6.45) is 6.54. The monoisotopic (exact) mass is 351 g/mol. The average Bonchev–Trinajstić information content (AvgIpc) is 3.04. The van der Waals surface area contributed by atoms with Gasteiger partial charge in [0.2, 0.25) is 0 Å². The Kier molecular flexibility index (Phi) is 3.86. The molecule has 0 bridgehead atoms. The van der Waals surface area contributed by atoms with E-state index >= 15 is 0 Å². The number of imidazole rings is 1. The number of H-pyrrole nitrogens is 1. The molecule has 0 unspecified atom stereocenters. The van der Waals surface area contributed by atoms with Crippen molar-refractivity contribution in [2.24, 2.45) is 0 Å². The van der Waals surface area contributed by atoms with E-state index in [1.54, 1.807) is 23.5 Å². The van der Waals surface area contributed by atoms with Crippen LogP contribution in [0.5, 0.6) is 0 Å². The number of hydrogen-bond donors (Lipinski definition) is 1. The second kappa shape index (κ2) is 6.09. The summed E-state index contributed by atoms with van der Waals surface area (Å²) in [7, 11) is 0. The average molecular weight is 351 g/mol. The Morgan fingerprint density at radius 1 is 1.27 bits per heavy atom. The predicted molar refractivity (Wildman–Crippen MR) is 98.9 cm³/mol. The van der Waals surface area contributed by atoms with E-state index in [0.717, 1.165) is 35.1 Å². The van der Waals surface area contributed by atoms with Gasteiger partial charge in [0.1, 0.15) is 11.3 Å². The molecular formula is C19H21N5O2. The number of cyclic esters (lactones) is 1. The molecule has 0 radical (unpaired) electrons. The van der Waals surface area contributed by atoms with E-state index < -0.39 is 5.60 Å². The maximum Gasteiger partial charge on any atom is 0.415 e. The van der Waals surface area contributed by atoms with E-state index in [1.165, 1.54) is 0 Å². The molecule has 1 N–H and O–H groups in total. The molecule has 7 heteroatoms. The van der Waals surface area contributed by atoms with E-state index in [0.29, 0.717) is 18.1 Å². The summed E-state index contributed by atoms with van der Waals surface area (Å²) in [6, 6.07) is 3.97. The smallest absolute Gasteiger partial charge is 0.415 e. The van der Waals surface area contributed by atoms with Crippen LogP contribution < -0.4 is 4.90 Å². The highest BCUT2D eigenvalue weighted by Crippen LogP contribution is 2.41. The van der Waals surface area contributed by atoms with Crippen molar-refractivity contribution >= 4 is 22.8 Å². The molecule has 0 saturated carbocycles. The van der Waals surface area contributed by atoms with Crippen LogP contribution in [0.2, 0.25) is 0 Å². The highest BCUT2D eigenvalue weighted by atomic mass is 16.6. The minimum absolute atomic E-state index is 0.306. The van der Waals surface area contributed by atoms with Crippen molar-refractivity contribution < 1.29 is 9.53 Å². The van der Waals surface area contributed by atoms with Gasteiger partial charge in [-0.1, -0.05) is 13.3 Å². The van der Waals surface area contributed by atoms with E-state index in [-0.39, 0.29) is 6.09 Å². The number of amides is 1. The predicted octanol–water partition coefficient (Wildman–Crippen LogP) is 4.01.